The van der Waals surface area contributed by atoms with Crippen LogP contribution in [0.3, 0.4) is 0 Å². The molecule has 0 spiro atoms. The van der Waals surface area contributed by atoms with E-state index in [2.05, 4.69) is 37.3 Å². The SMILES string of the molecule is C#C.CC.CC(=O)CCC(C)C.CNC(=O)[C@@H]1CCCN1. The first kappa shape index (κ1) is 24.7. The molecule has 0 aromatic heterocycles. The number of hydrogen-bond donors (Lipinski definition) is 2. The molecule has 124 valence electrons. The molecular weight excluding hydrogens is 264 g/mol. The highest BCUT2D eigenvalue weighted by Crippen LogP contribution is 2.03. The molecule has 1 aliphatic rings. The van der Waals surface area contributed by atoms with Crippen molar-refractivity contribution in [3.8, 4) is 12.8 Å². The molecule has 1 fully saturated rings. The summed E-state index contributed by atoms with van der Waals surface area (Å²) in [6.07, 6.45) is 11.9. The second-order valence-electron chi connectivity index (χ2n) is 4.90. The molecule has 1 aliphatic heterocycles. The highest BCUT2D eigenvalue weighted by molar-refractivity contribution is 5.81. The van der Waals surface area contributed by atoms with Gasteiger partial charge in [-0.25, -0.2) is 0 Å². The Morgan fingerprint density at radius 3 is 2.05 bits per heavy atom. The maximum atomic E-state index is 10.8. The van der Waals surface area contributed by atoms with Crippen molar-refractivity contribution >= 4 is 11.7 Å². The number of amides is 1. The predicted molar refractivity (Wildman–Crippen MR) is 91.1 cm³/mol. The summed E-state index contributed by atoms with van der Waals surface area (Å²) in [5.74, 6) is 1.09. The fraction of sp³-hybridized carbons (Fsp3) is 0.765. The number of rotatable bonds is 4. The Hall–Kier alpha value is -1.34. The number of ketones is 1. The van der Waals surface area contributed by atoms with Crippen molar-refractivity contribution in [1.29, 1.82) is 0 Å². The van der Waals surface area contributed by atoms with Crippen LogP contribution >= 0.6 is 0 Å². The summed E-state index contributed by atoms with van der Waals surface area (Å²) in [4.78, 5) is 21.2. The van der Waals surface area contributed by atoms with E-state index in [4.69, 9.17) is 0 Å². The van der Waals surface area contributed by atoms with Gasteiger partial charge in [-0.15, -0.1) is 12.8 Å². The minimum absolute atomic E-state index is 0.0787. The Morgan fingerprint density at radius 1 is 1.29 bits per heavy atom. The van der Waals surface area contributed by atoms with Crippen molar-refractivity contribution in [2.24, 2.45) is 5.92 Å². The number of Topliss-reactive ketones (excluding diaryl/α,β-unsaturated/α-hetero) is 1. The molecule has 0 unspecified atom stereocenters. The number of carbonyl (C=O) groups excluding carboxylic acids is 2. The molecule has 0 aromatic rings. The summed E-state index contributed by atoms with van der Waals surface area (Å²) in [6, 6.07) is 0.0787. The van der Waals surface area contributed by atoms with E-state index in [1.54, 1.807) is 14.0 Å². The summed E-state index contributed by atoms with van der Waals surface area (Å²) in [5.41, 5.74) is 0. The van der Waals surface area contributed by atoms with Gasteiger partial charge in [0.25, 0.3) is 0 Å². The lowest BCUT2D eigenvalue weighted by molar-refractivity contribution is -0.122. The van der Waals surface area contributed by atoms with Gasteiger partial charge < -0.3 is 15.4 Å². The Labute approximate surface area is 131 Å². The normalized spacial score (nSPS) is 15.4. The maximum Gasteiger partial charge on any atom is 0.236 e. The van der Waals surface area contributed by atoms with Gasteiger partial charge in [0.2, 0.25) is 5.91 Å². The van der Waals surface area contributed by atoms with Gasteiger partial charge in [0.1, 0.15) is 5.78 Å². The van der Waals surface area contributed by atoms with Crippen molar-refractivity contribution in [2.75, 3.05) is 13.6 Å². The quantitative estimate of drug-likeness (QED) is 0.785. The largest absolute Gasteiger partial charge is 0.358 e. The van der Waals surface area contributed by atoms with Crippen molar-refractivity contribution in [3.05, 3.63) is 0 Å². The van der Waals surface area contributed by atoms with Crippen LogP contribution in [-0.4, -0.2) is 31.3 Å². The third-order valence-electron chi connectivity index (χ3n) is 2.70. The molecule has 1 amide bonds. The minimum atomic E-state index is 0.0787. The van der Waals surface area contributed by atoms with Gasteiger partial charge in [-0.3, -0.25) is 4.79 Å². The van der Waals surface area contributed by atoms with E-state index >= 15 is 0 Å². The van der Waals surface area contributed by atoms with Gasteiger partial charge >= 0.3 is 0 Å². The molecule has 0 aromatic carbocycles. The highest BCUT2D eigenvalue weighted by atomic mass is 16.2. The molecule has 2 N–H and O–H groups in total. The molecule has 0 bridgehead atoms. The van der Waals surface area contributed by atoms with E-state index in [0.29, 0.717) is 11.7 Å². The standard InChI is InChI=1S/C7H14O.C6H12N2O.C2H6.C2H2/c1-6(2)4-5-7(3)8;1-7-6(9)5-3-2-4-8-5;2*1-2/h6H,4-5H2,1-3H3;5,8H,2-4H2,1H3,(H,7,9);1-2H3;1-2H/t;5-;;/m.0../s1. The Bertz CT molecular complexity index is 267. The number of terminal acetylenes is 1. The predicted octanol–water partition coefficient (Wildman–Crippen LogP) is 2.77. The second-order valence-corrected chi connectivity index (χ2v) is 4.90. The van der Waals surface area contributed by atoms with Crippen molar-refractivity contribution in [3.63, 3.8) is 0 Å². The summed E-state index contributed by atoms with van der Waals surface area (Å²) in [6.45, 7) is 10.9. The Balaban J connectivity index is -0.000000251. The van der Waals surface area contributed by atoms with Crippen LogP contribution in [0, 0.1) is 18.8 Å². The van der Waals surface area contributed by atoms with E-state index < -0.39 is 0 Å². The summed E-state index contributed by atoms with van der Waals surface area (Å²) in [5, 5.41) is 5.70. The first-order chi connectivity index (χ1) is 9.97. The fourth-order valence-corrected chi connectivity index (χ4v) is 1.57. The van der Waals surface area contributed by atoms with Crippen LogP contribution in [0.15, 0.2) is 0 Å². The molecule has 4 nitrogen and oxygen atoms in total. The fourth-order valence-electron chi connectivity index (χ4n) is 1.57. The van der Waals surface area contributed by atoms with Gasteiger partial charge in [0.05, 0.1) is 6.04 Å². The molecule has 1 atom stereocenters. The lowest BCUT2D eigenvalue weighted by Crippen LogP contribution is -2.38. The number of hydrogen-bond acceptors (Lipinski definition) is 3. The molecule has 0 radical (unpaired) electrons. The second kappa shape index (κ2) is 18.7. The molecule has 4 heteroatoms. The van der Waals surface area contributed by atoms with Crippen LogP contribution in [0.4, 0.5) is 0 Å². The van der Waals surface area contributed by atoms with Gasteiger partial charge in [0, 0.05) is 13.5 Å². The van der Waals surface area contributed by atoms with Crippen LogP contribution in [0.2, 0.25) is 0 Å². The van der Waals surface area contributed by atoms with E-state index in [9.17, 15) is 9.59 Å². The Kier molecular flexibility index (Phi) is 21.9. The third-order valence-corrected chi connectivity index (χ3v) is 2.70. The van der Waals surface area contributed by atoms with Gasteiger partial charge in [-0.05, 0) is 38.6 Å². The molecule has 1 rings (SSSR count). The zero-order valence-electron chi connectivity index (χ0n) is 14.7. The lowest BCUT2D eigenvalue weighted by Gasteiger charge is -2.05. The zero-order chi connectivity index (χ0) is 17.3. The van der Waals surface area contributed by atoms with E-state index in [1.807, 2.05) is 13.8 Å². The van der Waals surface area contributed by atoms with Crippen molar-refractivity contribution < 1.29 is 9.59 Å². The average molecular weight is 298 g/mol. The number of likely N-dealkylation sites (N-methyl/N-ethyl adjacent to an activating group) is 1. The molecular formula is C17H34N2O2. The first-order valence-electron chi connectivity index (χ1n) is 7.75. The summed E-state index contributed by atoms with van der Waals surface area (Å²) < 4.78 is 0. The molecule has 1 saturated heterocycles. The van der Waals surface area contributed by atoms with Crippen LogP contribution in [0.1, 0.15) is 60.3 Å². The molecule has 0 saturated carbocycles. The minimum Gasteiger partial charge on any atom is -0.358 e. The number of carbonyl (C=O) groups is 2. The average Bonchev–Trinajstić information content (AvgIpc) is 3.03. The van der Waals surface area contributed by atoms with Gasteiger partial charge in [-0.1, -0.05) is 27.7 Å². The van der Waals surface area contributed by atoms with E-state index in [1.165, 1.54) is 0 Å². The van der Waals surface area contributed by atoms with Crippen LogP contribution < -0.4 is 10.6 Å². The van der Waals surface area contributed by atoms with Crippen molar-refractivity contribution in [2.45, 2.75) is 66.3 Å². The van der Waals surface area contributed by atoms with E-state index in [-0.39, 0.29) is 11.9 Å². The lowest BCUT2D eigenvalue weighted by atomic mass is 10.1. The molecule has 21 heavy (non-hydrogen) atoms. The molecule has 1 heterocycles. The maximum absolute atomic E-state index is 10.8. The highest BCUT2D eigenvalue weighted by Gasteiger charge is 2.19. The number of nitrogens with one attached hydrogen (secondary N) is 2. The smallest absolute Gasteiger partial charge is 0.236 e. The van der Waals surface area contributed by atoms with Gasteiger partial charge in [0.15, 0.2) is 0 Å². The zero-order valence-corrected chi connectivity index (χ0v) is 14.7. The third kappa shape index (κ3) is 18.7. The summed E-state index contributed by atoms with van der Waals surface area (Å²) in [7, 11) is 1.67. The molecule has 0 aliphatic carbocycles. The first-order valence-corrected chi connectivity index (χ1v) is 7.75. The van der Waals surface area contributed by atoms with Crippen LogP contribution in [0.5, 0.6) is 0 Å². The monoisotopic (exact) mass is 298 g/mol. The topological polar surface area (TPSA) is 58.2 Å². The Morgan fingerprint density at radius 2 is 1.81 bits per heavy atom. The van der Waals surface area contributed by atoms with Crippen LogP contribution in [-0.2, 0) is 9.59 Å². The van der Waals surface area contributed by atoms with Crippen molar-refractivity contribution in [1.82, 2.24) is 10.6 Å². The van der Waals surface area contributed by atoms with Gasteiger partial charge in [-0.2, -0.15) is 0 Å². The summed E-state index contributed by atoms with van der Waals surface area (Å²) >= 11 is 0. The van der Waals surface area contributed by atoms with Crippen LogP contribution in [0.25, 0.3) is 0 Å². The van der Waals surface area contributed by atoms with E-state index in [0.717, 1.165) is 32.2 Å².